The average Bonchev–Trinajstić information content (AvgIpc) is 2.91. The average molecular weight is 392 g/mol. The molecule has 0 saturated heterocycles. The van der Waals surface area contributed by atoms with Crippen molar-refractivity contribution in [3.05, 3.63) is 45.3 Å². The van der Waals surface area contributed by atoms with E-state index in [1.165, 1.54) is 10.4 Å². The maximum atomic E-state index is 6.29. The molecule has 0 aliphatic carbocycles. The second kappa shape index (κ2) is 6.43. The summed E-state index contributed by atoms with van der Waals surface area (Å²) in [7, 11) is 0. The van der Waals surface area contributed by atoms with E-state index in [9.17, 15) is 0 Å². The van der Waals surface area contributed by atoms with Crippen LogP contribution in [0.1, 0.15) is 29.9 Å². The highest BCUT2D eigenvalue weighted by molar-refractivity contribution is 7.98. The summed E-state index contributed by atoms with van der Waals surface area (Å²) >= 11 is 9.43. The highest BCUT2D eigenvalue weighted by Gasteiger charge is 2.30. The second-order valence-corrected chi connectivity index (χ2v) is 9.11. The van der Waals surface area contributed by atoms with Gasteiger partial charge in [0.15, 0.2) is 5.16 Å². The SMILES string of the molecule is CC1(C)Cc2c(sc3nc(SCc4ccccc4Cl)nc(N)c23)CO1. The Morgan fingerprint density at radius 3 is 2.92 bits per heavy atom. The number of rotatable bonds is 3. The third-order valence-corrected chi connectivity index (χ3v) is 6.62. The maximum absolute atomic E-state index is 6.29. The monoisotopic (exact) mass is 391 g/mol. The summed E-state index contributed by atoms with van der Waals surface area (Å²) in [5, 5.41) is 2.44. The van der Waals surface area contributed by atoms with E-state index in [0.29, 0.717) is 23.3 Å². The summed E-state index contributed by atoms with van der Waals surface area (Å²) in [6.45, 7) is 4.82. The maximum Gasteiger partial charge on any atom is 0.191 e. The van der Waals surface area contributed by atoms with Crippen LogP contribution >= 0.6 is 34.7 Å². The van der Waals surface area contributed by atoms with Crippen molar-refractivity contribution in [2.75, 3.05) is 5.73 Å². The standard InChI is InChI=1S/C18H18ClN3OS2/c1-18(2)7-11-13(8-23-18)25-16-14(11)15(20)21-17(22-16)24-9-10-5-3-4-6-12(10)19/h3-6H,7-9H2,1-2H3,(H2,20,21,22). The molecule has 1 aromatic carbocycles. The third kappa shape index (κ3) is 3.36. The van der Waals surface area contributed by atoms with E-state index in [-0.39, 0.29) is 5.60 Å². The zero-order chi connectivity index (χ0) is 17.6. The fourth-order valence-corrected chi connectivity index (χ4v) is 5.28. The zero-order valence-corrected chi connectivity index (χ0v) is 16.4. The number of thiophene rings is 1. The number of hydrogen-bond donors (Lipinski definition) is 1. The fourth-order valence-electron chi connectivity index (χ4n) is 2.98. The largest absolute Gasteiger partial charge is 0.383 e. The highest BCUT2D eigenvalue weighted by Crippen LogP contribution is 2.41. The lowest BCUT2D eigenvalue weighted by atomic mass is 9.94. The number of nitrogens with two attached hydrogens (primary N) is 1. The van der Waals surface area contributed by atoms with Crippen molar-refractivity contribution < 1.29 is 4.74 Å². The first-order valence-electron chi connectivity index (χ1n) is 8.01. The highest BCUT2D eigenvalue weighted by atomic mass is 35.5. The van der Waals surface area contributed by atoms with Crippen LogP contribution in [0.25, 0.3) is 10.2 Å². The van der Waals surface area contributed by atoms with Crippen molar-refractivity contribution in [3.8, 4) is 0 Å². The van der Waals surface area contributed by atoms with Gasteiger partial charge in [-0.15, -0.1) is 11.3 Å². The van der Waals surface area contributed by atoms with Crippen molar-refractivity contribution >= 4 is 50.7 Å². The van der Waals surface area contributed by atoms with Crippen LogP contribution in [0.3, 0.4) is 0 Å². The van der Waals surface area contributed by atoms with Crippen LogP contribution in [0.2, 0.25) is 5.02 Å². The molecule has 1 aliphatic heterocycles. The number of halogens is 1. The van der Waals surface area contributed by atoms with Crippen LogP contribution < -0.4 is 5.73 Å². The second-order valence-electron chi connectivity index (χ2n) is 6.68. The van der Waals surface area contributed by atoms with Gasteiger partial charge in [-0.3, -0.25) is 0 Å². The van der Waals surface area contributed by atoms with Crippen molar-refractivity contribution in [1.82, 2.24) is 9.97 Å². The van der Waals surface area contributed by atoms with Crippen molar-refractivity contribution in [2.24, 2.45) is 0 Å². The zero-order valence-electron chi connectivity index (χ0n) is 14.0. The Labute approximate surface area is 159 Å². The number of hydrogen-bond acceptors (Lipinski definition) is 6. The summed E-state index contributed by atoms with van der Waals surface area (Å²) in [4.78, 5) is 11.4. The fraction of sp³-hybridized carbons (Fsp3) is 0.333. The predicted molar refractivity (Wildman–Crippen MR) is 105 cm³/mol. The molecule has 4 nitrogen and oxygen atoms in total. The first-order valence-corrected chi connectivity index (χ1v) is 10.2. The molecule has 0 atom stereocenters. The Kier molecular flexibility index (Phi) is 4.40. The number of nitrogen functional groups attached to an aromatic ring is 1. The van der Waals surface area contributed by atoms with Gasteiger partial charge in [-0.1, -0.05) is 41.6 Å². The molecule has 2 N–H and O–H groups in total. The van der Waals surface area contributed by atoms with E-state index >= 15 is 0 Å². The van der Waals surface area contributed by atoms with Crippen LogP contribution in [0.15, 0.2) is 29.4 Å². The molecule has 0 spiro atoms. The number of thioether (sulfide) groups is 1. The molecule has 3 heterocycles. The number of aromatic nitrogens is 2. The lowest BCUT2D eigenvalue weighted by Crippen LogP contribution is -2.31. The van der Waals surface area contributed by atoms with Gasteiger partial charge < -0.3 is 10.5 Å². The number of nitrogens with zero attached hydrogens (tertiary/aromatic N) is 2. The van der Waals surface area contributed by atoms with Gasteiger partial charge in [-0.2, -0.15) is 0 Å². The third-order valence-electron chi connectivity index (χ3n) is 4.25. The first kappa shape index (κ1) is 17.1. The van der Waals surface area contributed by atoms with Gasteiger partial charge in [-0.25, -0.2) is 9.97 Å². The van der Waals surface area contributed by atoms with Gasteiger partial charge in [-0.05, 0) is 31.0 Å². The van der Waals surface area contributed by atoms with Crippen LogP contribution in [0.4, 0.5) is 5.82 Å². The molecule has 4 rings (SSSR count). The first-order chi connectivity index (χ1) is 11.9. The molecule has 0 saturated carbocycles. The quantitative estimate of drug-likeness (QED) is 0.498. The lowest BCUT2D eigenvalue weighted by molar-refractivity contribution is -0.0379. The Morgan fingerprint density at radius 1 is 1.32 bits per heavy atom. The molecule has 2 aromatic heterocycles. The van der Waals surface area contributed by atoms with E-state index in [0.717, 1.165) is 27.2 Å². The van der Waals surface area contributed by atoms with E-state index < -0.39 is 0 Å². The van der Waals surface area contributed by atoms with Gasteiger partial charge >= 0.3 is 0 Å². The Balaban J connectivity index is 1.66. The van der Waals surface area contributed by atoms with E-state index in [1.807, 2.05) is 24.3 Å². The van der Waals surface area contributed by atoms with Crippen LogP contribution in [0, 0.1) is 0 Å². The number of ether oxygens (including phenoxy) is 1. The minimum atomic E-state index is -0.176. The van der Waals surface area contributed by atoms with Gasteiger partial charge in [0, 0.05) is 22.1 Å². The molecule has 0 amide bonds. The Morgan fingerprint density at radius 2 is 2.12 bits per heavy atom. The molecule has 0 unspecified atom stereocenters. The van der Waals surface area contributed by atoms with Crippen molar-refractivity contribution in [3.63, 3.8) is 0 Å². The topological polar surface area (TPSA) is 61.0 Å². The lowest BCUT2D eigenvalue weighted by Gasteiger charge is -2.30. The number of benzene rings is 1. The normalized spacial score (nSPS) is 16.1. The van der Waals surface area contributed by atoms with Gasteiger partial charge in [0.25, 0.3) is 0 Å². The summed E-state index contributed by atoms with van der Waals surface area (Å²) in [5.74, 6) is 1.27. The van der Waals surface area contributed by atoms with Crippen molar-refractivity contribution in [1.29, 1.82) is 0 Å². The molecular formula is C18H18ClN3OS2. The number of anilines is 1. The molecule has 0 fully saturated rings. The minimum Gasteiger partial charge on any atom is -0.383 e. The van der Waals surface area contributed by atoms with Gasteiger partial charge in [0.2, 0.25) is 0 Å². The summed E-state index contributed by atoms with van der Waals surface area (Å²) in [6.07, 6.45) is 0.835. The summed E-state index contributed by atoms with van der Waals surface area (Å²) in [5.41, 5.74) is 8.43. The van der Waals surface area contributed by atoms with Crippen molar-refractivity contribution in [2.45, 2.75) is 43.4 Å². The summed E-state index contributed by atoms with van der Waals surface area (Å²) in [6, 6.07) is 7.82. The van der Waals surface area contributed by atoms with E-state index in [1.54, 1.807) is 23.1 Å². The molecule has 130 valence electrons. The molecule has 7 heteroatoms. The minimum absolute atomic E-state index is 0.176. The van der Waals surface area contributed by atoms with E-state index in [4.69, 9.17) is 27.1 Å². The molecule has 25 heavy (non-hydrogen) atoms. The van der Waals surface area contributed by atoms with Gasteiger partial charge in [0.05, 0.1) is 17.6 Å². The molecule has 3 aromatic rings. The molecule has 0 radical (unpaired) electrons. The molecule has 1 aliphatic rings. The van der Waals surface area contributed by atoms with E-state index in [2.05, 4.69) is 18.8 Å². The number of fused-ring (bicyclic) bond motifs is 3. The van der Waals surface area contributed by atoms with Crippen LogP contribution in [0.5, 0.6) is 0 Å². The predicted octanol–water partition coefficient (Wildman–Crippen LogP) is 5.07. The summed E-state index contributed by atoms with van der Waals surface area (Å²) < 4.78 is 5.91. The molecule has 0 bridgehead atoms. The Hall–Kier alpha value is -1.34. The molecular weight excluding hydrogens is 374 g/mol. The van der Waals surface area contributed by atoms with Gasteiger partial charge in [0.1, 0.15) is 10.6 Å². The van der Waals surface area contributed by atoms with Crippen LogP contribution in [-0.4, -0.2) is 15.6 Å². The smallest absolute Gasteiger partial charge is 0.191 e. The van der Waals surface area contributed by atoms with Crippen LogP contribution in [-0.2, 0) is 23.5 Å². The Bertz CT molecular complexity index is 955.